The van der Waals surface area contributed by atoms with E-state index in [0.29, 0.717) is 12.0 Å². The standard InChI is InChI=1S/C19H31N3O2S/c1-4-20-19(22-13-16-8-7-11-24-16)21-12-15(2)14-25-18-10-6-5-9-17(18)23-3/h5-6,9-10,15-16H,4,7-8,11-14H2,1-3H3,(H2,20,21,22). The van der Waals surface area contributed by atoms with E-state index in [9.17, 15) is 0 Å². The lowest BCUT2D eigenvalue weighted by Crippen LogP contribution is -2.41. The minimum atomic E-state index is 0.322. The Morgan fingerprint density at radius 1 is 1.40 bits per heavy atom. The molecule has 2 rings (SSSR count). The van der Waals surface area contributed by atoms with Gasteiger partial charge < -0.3 is 20.1 Å². The molecule has 1 aromatic carbocycles. The predicted molar refractivity (Wildman–Crippen MR) is 106 cm³/mol. The quantitative estimate of drug-likeness (QED) is 0.400. The van der Waals surface area contributed by atoms with Crippen molar-refractivity contribution >= 4 is 17.7 Å². The molecular formula is C19H31N3O2S. The van der Waals surface area contributed by atoms with Gasteiger partial charge in [0.2, 0.25) is 0 Å². The molecule has 0 amide bonds. The zero-order chi connectivity index (χ0) is 17.9. The normalized spacial score (nSPS) is 18.8. The van der Waals surface area contributed by atoms with Gasteiger partial charge in [-0.2, -0.15) is 0 Å². The average Bonchev–Trinajstić information content (AvgIpc) is 3.16. The lowest BCUT2D eigenvalue weighted by molar-refractivity contribution is 0.114. The van der Waals surface area contributed by atoms with Crippen LogP contribution in [0.5, 0.6) is 5.75 Å². The first-order valence-corrected chi connectivity index (χ1v) is 10.1. The summed E-state index contributed by atoms with van der Waals surface area (Å²) in [5.74, 6) is 3.31. The fourth-order valence-electron chi connectivity index (χ4n) is 2.63. The summed E-state index contributed by atoms with van der Waals surface area (Å²) < 4.78 is 11.1. The molecule has 1 fully saturated rings. The molecule has 2 unspecified atom stereocenters. The van der Waals surface area contributed by atoms with Gasteiger partial charge in [-0.1, -0.05) is 19.1 Å². The van der Waals surface area contributed by atoms with E-state index >= 15 is 0 Å². The van der Waals surface area contributed by atoms with Crippen LogP contribution in [0.15, 0.2) is 34.2 Å². The second-order valence-electron chi connectivity index (χ2n) is 6.30. The zero-order valence-electron chi connectivity index (χ0n) is 15.6. The number of benzene rings is 1. The van der Waals surface area contributed by atoms with Crippen molar-refractivity contribution in [2.45, 2.75) is 37.7 Å². The van der Waals surface area contributed by atoms with Gasteiger partial charge in [-0.3, -0.25) is 4.99 Å². The smallest absolute Gasteiger partial charge is 0.191 e. The van der Waals surface area contributed by atoms with E-state index in [4.69, 9.17) is 14.5 Å². The van der Waals surface area contributed by atoms with Gasteiger partial charge in [0, 0.05) is 36.9 Å². The number of rotatable bonds is 9. The summed E-state index contributed by atoms with van der Waals surface area (Å²) in [4.78, 5) is 5.91. The molecule has 2 N–H and O–H groups in total. The minimum Gasteiger partial charge on any atom is -0.496 e. The van der Waals surface area contributed by atoms with Gasteiger partial charge in [0.1, 0.15) is 5.75 Å². The van der Waals surface area contributed by atoms with Gasteiger partial charge in [0.25, 0.3) is 0 Å². The van der Waals surface area contributed by atoms with E-state index in [1.54, 1.807) is 7.11 Å². The molecule has 0 radical (unpaired) electrons. The highest BCUT2D eigenvalue weighted by atomic mass is 32.2. The maximum atomic E-state index is 5.66. The van der Waals surface area contributed by atoms with Crippen LogP contribution in [-0.4, -0.2) is 51.2 Å². The topological polar surface area (TPSA) is 54.9 Å². The first-order valence-electron chi connectivity index (χ1n) is 9.12. The number of methoxy groups -OCH3 is 1. The molecule has 1 aliphatic heterocycles. The van der Waals surface area contributed by atoms with E-state index in [2.05, 4.69) is 30.5 Å². The van der Waals surface area contributed by atoms with Crippen LogP contribution >= 0.6 is 11.8 Å². The SMILES string of the molecule is CCNC(=NCC(C)CSc1ccccc1OC)NCC1CCCO1. The van der Waals surface area contributed by atoms with Crippen LogP contribution in [-0.2, 0) is 4.74 Å². The van der Waals surface area contributed by atoms with Crippen LogP contribution in [0.2, 0.25) is 0 Å². The number of hydrogen-bond acceptors (Lipinski definition) is 4. The van der Waals surface area contributed by atoms with Crippen molar-refractivity contribution in [2.24, 2.45) is 10.9 Å². The second kappa shape index (κ2) is 11.3. The Morgan fingerprint density at radius 3 is 2.96 bits per heavy atom. The van der Waals surface area contributed by atoms with Crippen molar-refractivity contribution in [1.82, 2.24) is 10.6 Å². The summed E-state index contributed by atoms with van der Waals surface area (Å²) in [6.07, 6.45) is 2.62. The molecule has 1 heterocycles. The van der Waals surface area contributed by atoms with Crippen molar-refractivity contribution in [2.75, 3.05) is 39.1 Å². The van der Waals surface area contributed by atoms with Gasteiger partial charge in [0.05, 0.1) is 13.2 Å². The molecule has 0 aromatic heterocycles. The maximum Gasteiger partial charge on any atom is 0.191 e. The highest BCUT2D eigenvalue weighted by molar-refractivity contribution is 7.99. The Morgan fingerprint density at radius 2 is 2.24 bits per heavy atom. The number of hydrogen-bond donors (Lipinski definition) is 2. The first kappa shape index (κ1) is 19.9. The number of ether oxygens (including phenoxy) is 2. The van der Waals surface area contributed by atoms with Gasteiger partial charge in [0.15, 0.2) is 5.96 Å². The van der Waals surface area contributed by atoms with Crippen LogP contribution in [0, 0.1) is 5.92 Å². The third kappa shape index (κ3) is 7.16. The fourth-order valence-corrected chi connectivity index (χ4v) is 3.67. The summed E-state index contributed by atoms with van der Waals surface area (Å²) in [7, 11) is 1.72. The molecule has 0 saturated carbocycles. The van der Waals surface area contributed by atoms with Gasteiger partial charge >= 0.3 is 0 Å². The molecule has 0 spiro atoms. The van der Waals surface area contributed by atoms with E-state index in [0.717, 1.165) is 56.5 Å². The number of para-hydroxylation sites is 1. The Hall–Kier alpha value is -1.40. The first-order chi connectivity index (χ1) is 12.2. The van der Waals surface area contributed by atoms with Crippen molar-refractivity contribution in [3.8, 4) is 5.75 Å². The molecule has 0 bridgehead atoms. The van der Waals surface area contributed by atoms with Crippen molar-refractivity contribution in [3.63, 3.8) is 0 Å². The average molecular weight is 366 g/mol. The summed E-state index contributed by atoms with van der Waals surface area (Å²) >= 11 is 1.82. The molecule has 140 valence electrons. The van der Waals surface area contributed by atoms with E-state index in [1.165, 1.54) is 4.90 Å². The third-order valence-electron chi connectivity index (χ3n) is 4.02. The third-order valence-corrected chi connectivity index (χ3v) is 5.40. The van der Waals surface area contributed by atoms with Crippen molar-refractivity contribution in [1.29, 1.82) is 0 Å². The largest absolute Gasteiger partial charge is 0.496 e. The summed E-state index contributed by atoms with van der Waals surface area (Å²) in [6, 6.07) is 8.15. The van der Waals surface area contributed by atoms with E-state index in [-0.39, 0.29) is 0 Å². The number of thioether (sulfide) groups is 1. The Kier molecular flexibility index (Phi) is 8.97. The molecule has 0 aliphatic carbocycles. The lowest BCUT2D eigenvalue weighted by atomic mass is 10.2. The van der Waals surface area contributed by atoms with Crippen LogP contribution in [0.4, 0.5) is 0 Å². The summed E-state index contributed by atoms with van der Waals surface area (Å²) in [6.45, 7) is 7.69. The molecule has 5 nitrogen and oxygen atoms in total. The molecule has 1 saturated heterocycles. The van der Waals surface area contributed by atoms with Crippen molar-refractivity contribution < 1.29 is 9.47 Å². The Labute approximate surface area is 156 Å². The van der Waals surface area contributed by atoms with Crippen molar-refractivity contribution in [3.05, 3.63) is 24.3 Å². The summed E-state index contributed by atoms with van der Waals surface area (Å²) in [5, 5.41) is 6.71. The number of aliphatic imine (C=N–C) groups is 1. The second-order valence-corrected chi connectivity index (χ2v) is 7.36. The molecule has 25 heavy (non-hydrogen) atoms. The highest BCUT2D eigenvalue weighted by Crippen LogP contribution is 2.29. The summed E-state index contributed by atoms with van der Waals surface area (Å²) in [5.41, 5.74) is 0. The molecule has 6 heteroatoms. The van der Waals surface area contributed by atoms with Gasteiger partial charge in [-0.25, -0.2) is 0 Å². The van der Waals surface area contributed by atoms with Crippen LogP contribution < -0.4 is 15.4 Å². The number of nitrogens with one attached hydrogen (secondary N) is 2. The van der Waals surface area contributed by atoms with E-state index < -0.39 is 0 Å². The lowest BCUT2D eigenvalue weighted by Gasteiger charge is -2.16. The number of nitrogens with zero attached hydrogens (tertiary/aromatic N) is 1. The Balaban J connectivity index is 1.77. The minimum absolute atomic E-state index is 0.322. The van der Waals surface area contributed by atoms with Gasteiger partial charge in [-0.15, -0.1) is 11.8 Å². The van der Waals surface area contributed by atoms with Crippen LogP contribution in [0.1, 0.15) is 26.7 Å². The maximum absolute atomic E-state index is 5.66. The number of guanidine groups is 1. The van der Waals surface area contributed by atoms with Crippen LogP contribution in [0.3, 0.4) is 0 Å². The zero-order valence-corrected chi connectivity index (χ0v) is 16.4. The predicted octanol–water partition coefficient (Wildman–Crippen LogP) is 3.16. The monoisotopic (exact) mass is 365 g/mol. The van der Waals surface area contributed by atoms with Crippen LogP contribution in [0.25, 0.3) is 0 Å². The molecule has 1 aliphatic rings. The molecular weight excluding hydrogens is 334 g/mol. The molecule has 2 atom stereocenters. The molecule has 1 aromatic rings. The highest BCUT2D eigenvalue weighted by Gasteiger charge is 2.15. The van der Waals surface area contributed by atoms with Gasteiger partial charge in [-0.05, 0) is 37.8 Å². The Bertz CT molecular complexity index is 533. The van der Waals surface area contributed by atoms with E-state index in [1.807, 2.05) is 30.0 Å². The fraction of sp³-hybridized carbons (Fsp3) is 0.632.